The van der Waals surface area contributed by atoms with Crippen LogP contribution in [0.3, 0.4) is 0 Å². The van der Waals surface area contributed by atoms with Crippen molar-refractivity contribution in [3.05, 3.63) is 94.7 Å². The van der Waals surface area contributed by atoms with Crippen molar-refractivity contribution in [1.29, 1.82) is 0 Å². The van der Waals surface area contributed by atoms with Gasteiger partial charge in [-0.2, -0.15) is 13.2 Å². The Labute approximate surface area is 209 Å². The number of ether oxygens (including phenoxy) is 2. The van der Waals surface area contributed by atoms with Gasteiger partial charge >= 0.3 is 12.1 Å². The molecule has 0 radical (unpaired) electrons. The van der Waals surface area contributed by atoms with Gasteiger partial charge in [-0.3, -0.25) is 0 Å². The van der Waals surface area contributed by atoms with Crippen LogP contribution in [0.2, 0.25) is 0 Å². The fourth-order valence-electron chi connectivity index (χ4n) is 3.73. The van der Waals surface area contributed by atoms with E-state index >= 15 is 0 Å². The van der Waals surface area contributed by atoms with Gasteiger partial charge in [-0.15, -0.1) is 0 Å². The molecule has 0 aliphatic heterocycles. The van der Waals surface area contributed by atoms with Crippen LogP contribution in [0.5, 0.6) is 0 Å². The quantitative estimate of drug-likeness (QED) is 0.187. The second-order valence-corrected chi connectivity index (χ2v) is 8.63. The lowest BCUT2D eigenvalue weighted by Gasteiger charge is -2.10. The number of benzene rings is 3. The minimum atomic E-state index is -4.42. The van der Waals surface area contributed by atoms with E-state index < -0.39 is 29.3 Å². The van der Waals surface area contributed by atoms with E-state index in [1.165, 1.54) is 18.2 Å². The first kappa shape index (κ1) is 26.2. The van der Waals surface area contributed by atoms with Crippen molar-refractivity contribution in [3.8, 4) is 0 Å². The Bertz CT molecular complexity index is 1410. The number of anilines is 2. The van der Waals surface area contributed by atoms with E-state index in [0.717, 1.165) is 24.3 Å². The fraction of sp³-hybridized carbons (Fsp3) is 0.222. The summed E-state index contributed by atoms with van der Waals surface area (Å²) in [6, 6.07) is 13.2. The minimum Gasteiger partial charge on any atom is -0.458 e. The van der Waals surface area contributed by atoms with Crippen LogP contribution in [0.1, 0.15) is 41.0 Å². The van der Waals surface area contributed by atoms with Crippen molar-refractivity contribution in [2.75, 3.05) is 5.32 Å². The van der Waals surface area contributed by atoms with Crippen molar-refractivity contribution in [3.63, 3.8) is 0 Å². The highest BCUT2D eigenvalue weighted by Gasteiger charge is 2.30. The zero-order valence-corrected chi connectivity index (χ0v) is 19.9. The molecule has 0 amide bonds. The molecule has 0 bridgehead atoms. The number of H-pyrrole nitrogens is 1. The van der Waals surface area contributed by atoms with Crippen molar-refractivity contribution >= 4 is 28.2 Å². The number of aromatic amines is 1. The molecule has 194 valence electrons. The van der Waals surface area contributed by atoms with Gasteiger partial charge in [0.2, 0.25) is 0 Å². The van der Waals surface area contributed by atoms with Gasteiger partial charge in [0, 0.05) is 33.9 Å². The van der Waals surface area contributed by atoms with E-state index in [1.807, 2.05) is 0 Å². The standard InChI is InChI=1S/C27H23F5N2O3/c1-15(2)37-26(35)25-21(14-36-13-16-3-5-17(6-4-16)27(30,31)32)20-9-7-19(12-24(20)34-25)33-18-8-10-22(28)23(29)11-18/h3-12,15,33-34H,13-14H2,1-2H3. The second-order valence-electron chi connectivity index (χ2n) is 8.63. The Morgan fingerprint density at radius 2 is 1.59 bits per heavy atom. The molecule has 1 aromatic heterocycles. The van der Waals surface area contributed by atoms with Crippen LogP contribution in [0.15, 0.2) is 60.7 Å². The third-order valence-corrected chi connectivity index (χ3v) is 5.46. The first-order valence-electron chi connectivity index (χ1n) is 11.3. The van der Waals surface area contributed by atoms with Crippen LogP contribution >= 0.6 is 0 Å². The number of carbonyl (C=O) groups is 1. The molecule has 4 aromatic rings. The van der Waals surface area contributed by atoms with Crippen LogP contribution in [-0.4, -0.2) is 17.1 Å². The Hall–Kier alpha value is -3.92. The minimum absolute atomic E-state index is 0.0144. The number of esters is 1. The summed E-state index contributed by atoms with van der Waals surface area (Å²) in [4.78, 5) is 15.8. The first-order chi connectivity index (χ1) is 17.5. The molecule has 0 saturated carbocycles. The van der Waals surface area contributed by atoms with Gasteiger partial charge in [0.05, 0.1) is 24.9 Å². The molecule has 37 heavy (non-hydrogen) atoms. The molecule has 0 unspecified atom stereocenters. The summed E-state index contributed by atoms with van der Waals surface area (Å²) in [7, 11) is 0. The van der Waals surface area contributed by atoms with Crippen LogP contribution in [0.25, 0.3) is 10.9 Å². The highest BCUT2D eigenvalue weighted by Crippen LogP contribution is 2.30. The molecule has 0 aliphatic carbocycles. The Morgan fingerprint density at radius 3 is 2.24 bits per heavy atom. The maximum absolute atomic E-state index is 13.6. The number of aromatic nitrogens is 1. The molecule has 0 saturated heterocycles. The molecule has 0 fully saturated rings. The second kappa shape index (κ2) is 10.6. The maximum Gasteiger partial charge on any atom is 0.416 e. The summed E-state index contributed by atoms with van der Waals surface area (Å²) in [5.41, 5.74) is 1.95. The zero-order valence-electron chi connectivity index (χ0n) is 19.9. The van der Waals surface area contributed by atoms with Crippen molar-refractivity contribution in [2.24, 2.45) is 0 Å². The highest BCUT2D eigenvalue weighted by molar-refractivity contribution is 5.99. The van der Waals surface area contributed by atoms with E-state index in [0.29, 0.717) is 33.4 Å². The molecule has 0 spiro atoms. The van der Waals surface area contributed by atoms with Crippen LogP contribution in [0, 0.1) is 11.6 Å². The number of hydrogen-bond acceptors (Lipinski definition) is 4. The lowest BCUT2D eigenvalue weighted by Crippen LogP contribution is -2.14. The van der Waals surface area contributed by atoms with E-state index in [2.05, 4.69) is 10.3 Å². The number of fused-ring (bicyclic) bond motifs is 1. The number of halogens is 5. The summed E-state index contributed by atoms with van der Waals surface area (Å²) in [6.07, 6.45) is -4.79. The largest absolute Gasteiger partial charge is 0.458 e. The molecule has 0 aliphatic rings. The van der Waals surface area contributed by atoms with Gasteiger partial charge in [-0.1, -0.05) is 18.2 Å². The topological polar surface area (TPSA) is 63.4 Å². The van der Waals surface area contributed by atoms with Gasteiger partial charge in [0.15, 0.2) is 11.6 Å². The summed E-state index contributed by atoms with van der Waals surface area (Å²) in [6.45, 7) is 3.44. The molecule has 0 atom stereocenters. The lowest BCUT2D eigenvalue weighted by atomic mass is 10.1. The predicted molar refractivity (Wildman–Crippen MR) is 128 cm³/mol. The maximum atomic E-state index is 13.6. The Balaban J connectivity index is 1.57. The van der Waals surface area contributed by atoms with Gasteiger partial charge in [0.1, 0.15) is 5.69 Å². The molecule has 4 rings (SSSR count). The molecule has 5 nitrogen and oxygen atoms in total. The SMILES string of the molecule is CC(C)OC(=O)c1[nH]c2cc(Nc3ccc(F)c(F)c3)ccc2c1COCc1ccc(C(F)(F)F)cc1. The summed E-state index contributed by atoms with van der Waals surface area (Å²) < 4.78 is 76.2. The number of alkyl halides is 3. The average Bonchev–Trinajstić information content (AvgIpc) is 3.19. The lowest BCUT2D eigenvalue weighted by molar-refractivity contribution is -0.137. The summed E-state index contributed by atoms with van der Waals surface area (Å²) in [5, 5.41) is 3.65. The molecular formula is C27H23F5N2O3. The van der Waals surface area contributed by atoms with Crippen LogP contribution in [-0.2, 0) is 28.9 Å². The normalized spacial score (nSPS) is 11.8. The van der Waals surface area contributed by atoms with Crippen molar-refractivity contribution in [1.82, 2.24) is 4.98 Å². The Kier molecular flexibility index (Phi) is 7.49. The smallest absolute Gasteiger partial charge is 0.416 e. The summed E-state index contributed by atoms with van der Waals surface area (Å²) in [5.74, 6) is -2.54. The molecule has 2 N–H and O–H groups in total. The number of hydrogen-bond donors (Lipinski definition) is 2. The third kappa shape index (κ3) is 6.26. The molecule has 10 heteroatoms. The molecular weight excluding hydrogens is 495 g/mol. The monoisotopic (exact) mass is 518 g/mol. The van der Waals surface area contributed by atoms with Crippen molar-refractivity contribution < 1.29 is 36.2 Å². The van der Waals surface area contributed by atoms with Crippen molar-refractivity contribution in [2.45, 2.75) is 39.3 Å². The van der Waals surface area contributed by atoms with E-state index in [9.17, 15) is 26.7 Å². The Morgan fingerprint density at radius 1 is 0.919 bits per heavy atom. The van der Waals surface area contributed by atoms with Gasteiger partial charge < -0.3 is 19.8 Å². The van der Waals surface area contributed by atoms with E-state index in [-0.39, 0.29) is 25.0 Å². The third-order valence-electron chi connectivity index (χ3n) is 5.46. The number of nitrogens with one attached hydrogen (secondary N) is 2. The number of carbonyl (C=O) groups excluding carboxylic acids is 1. The summed E-state index contributed by atoms with van der Waals surface area (Å²) >= 11 is 0. The predicted octanol–water partition coefficient (Wildman–Crippen LogP) is 7.49. The molecule has 1 heterocycles. The van der Waals surface area contributed by atoms with Gasteiger partial charge in [-0.05, 0) is 55.8 Å². The van der Waals surface area contributed by atoms with E-state index in [1.54, 1.807) is 32.0 Å². The van der Waals surface area contributed by atoms with E-state index in [4.69, 9.17) is 9.47 Å². The average molecular weight is 518 g/mol. The van der Waals surface area contributed by atoms with Gasteiger partial charge in [-0.25, -0.2) is 13.6 Å². The van der Waals surface area contributed by atoms with Crippen LogP contribution < -0.4 is 5.32 Å². The number of rotatable bonds is 8. The highest BCUT2D eigenvalue weighted by atomic mass is 19.4. The van der Waals surface area contributed by atoms with Gasteiger partial charge in [0.25, 0.3) is 0 Å². The molecule has 3 aromatic carbocycles. The zero-order chi connectivity index (χ0) is 26.7. The van der Waals surface area contributed by atoms with Crippen LogP contribution in [0.4, 0.5) is 33.3 Å². The fourth-order valence-corrected chi connectivity index (χ4v) is 3.73. The first-order valence-corrected chi connectivity index (χ1v) is 11.3.